The molecule has 0 radical (unpaired) electrons. The lowest BCUT2D eigenvalue weighted by molar-refractivity contribution is 0.220. The topological polar surface area (TPSA) is 86.4 Å². The summed E-state index contributed by atoms with van der Waals surface area (Å²) in [6.07, 6.45) is 13.0. The molecule has 6 heterocycles. The molecule has 0 unspecified atom stereocenters. The van der Waals surface area contributed by atoms with Crippen LogP contribution in [0.15, 0.2) is 73.4 Å². The molecule has 7 rings (SSSR count). The number of hydrogen-bond acceptors (Lipinski definition) is 5. The van der Waals surface area contributed by atoms with Gasteiger partial charge in [0.05, 0.1) is 23.1 Å². The third kappa shape index (κ3) is 4.13. The van der Waals surface area contributed by atoms with Crippen molar-refractivity contribution in [1.29, 1.82) is 0 Å². The Morgan fingerprint density at radius 3 is 2.55 bits per heavy atom. The molecule has 2 N–H and O–H groups in total. The molecule has 0 amide bonds. The highest BCUT2D eigenvalue weighted by Crippen LogP contribution is 2.35. The third-order valence-electron chi connectivity index (χ3n) is 7.37. The summed E-state index contributed by atoms with van der Waals surface area (Å²) in [4.78, 5) is 19.4. The monoisotopic (exact) mass is 503 g/mol. The fourth-order valence-corrected chi connectivity index (χ4v) is 5.45. The Morgan fingerprint density at radius 1 is 0.816 bits per heavy atom. The Labute approximate surface area is 218 Å². The zero-order chi connectivity index (χ0) is 25.5. The summed E-state index contributed by atoms with van der Waals surface area (Å²) >= 11 is 0. The van der Waals surface area contributed by atoms with Crippen molar-refractivity contribution in [2.75, 3.05) is 13.1 Å². The van der Waals surface area contributed by atoms with Crippen molar-refractivity contribution in [3.05, 3.63) is 84.8 Å². The number of H-pyrrole nitrogens is 2. The molecule has 1 aliphatic heterocycles. The van der Waals surface area contributed by atoms with Gasteiger partial charge in [-0.2, -0.15) is 5.10 Å². The summed E-state index contributed by atoms with van der Waals surface area (Å²) in [5, 5.41) is 9.37. The predicted molar refractivity (Wildman–Crippen MR) is 147 cm³/mol. The van der Waals surface area contributed by atoms with Crippen LogP contribution in [-0.2, 0) is 6.54 Å². The van der Waals surface area contributed by atoms with Crippen LogP contribution in [0.1, 0.15) is 24.8 Å². The zero-order valence-electron chi connectivity index (χ0n) is 20.8. The quantitative estimate of drug-likeness (QED) is 0.286. The van der Waals surface area contributed by atoms with Crippen molar-refractivity contribution in [2.45, 2.75) is 25.8 Å². The zero-order valence-corrected chi connectivity index (χ0v) is 20.8. The van der Waals surface area contributed by atoms with Crippen LogP contribution in [0.25, 0.3) is 55.6 Å². The summed E-state index contributed by atoms with van der Waals surface area (Å²) in [6, 6.07) is 13.1. The minimum Gasteiger partial charge on any atom is -0.352 e. The van der Waals surface area contributed by atoms with E-state index in [4.69, 9.17) is 0 Å². The standard InChI is InChI=1S/C30H26FN7/c31-26-7-3-2-6-22(26)25-16-33-17-28-23(25)12-27(35-28)29-24-11-21(15-34-30(24)37-36-29)20-10-19(13-32-14-20)18-38-8-4-1-5-9-38/h2-3,6-7,10-17,35H,1,4-5,8-9,18H2,(H,34,36,37). The number of hydrogen-bond donors (Lipinski definition) is 2. The van der Waals surface area contributed by atoms with Gasteiger partial charge in [0.1, 0.15) is 5.82 Å². The van der Waals surface area contributed by atoms with E-state index < -0.39 is 0 Å². The first-order valence-electron chi connectivity index (χ1n) is 13.0. The molecule has 0 saturated carbocycles. The highest BCUT2D eigenvalue weighted by atomic mass is 19.1. The molecule has 8 heteroatoms. The first-order chi connectivity index (χ1) is 18.7. The maximum Gasteiger partial charge on any atom is 0.181 e. The highest BCUT2D eigenvalue weighted by Gasteiger charge is 2.17. The van der Waals surface area contributed by atoms with Crippen molar-refractivity contribution < 1.29 is 4.39 Å². The number of likely N-dealkylation sites (tertiary alicyclic amines) is 1. The Bertz CT molecular complexity index is 1760. The number of halogens is 1. The SMILES string of the molecule is Fc1ccccc1-c1cncc2[nH]c(-c3[nH]nc4ncc(-c5cncc(CN6CCCCC6)c5)cc34)cc12. The Kier molecular flexibility index (Phi) is 5.66. The molecule has 188 valence electrons. The smallest absolute Gasteiger partial charge is 0.181 e. The summed E-state index contributed by atoms with van der Waals surface area (Å²) in [6.45, 7) is 3.21. The highest BCUT2D eigenvalue weighted by molar-refractivity contribution is 6.00. The Hall–Kier alpha value is -4.43. The lowest BCUT2D eigenvalue weighted by Gasteiger charge is -2.26. The van der Waals surface area contributed by atoms with Gasteiger partial charge in [-0.15, -0.1) is 0 Å². The van der Waals surface area contributed by atoms with Gasteiger partial charge in [0.2, 0.25) is 0 Å². The number of aromatic amines is 2. The number of pyridine rings is 3. The molecule has 1 aromatic carbocycles. The Morgan fingerprint density at radius 2 is 1.66 bits per heavy atom. The van der Waals surface area contributed by atoms with E-state index in [0.717, 1.165) is 64.0 Å². The molecule has 5 aromatic heterocycles. The van der Waals surface area contributed by atoms with Gasteiger partial charge in [-0.3, -0.25) is 20.0 Å². The van der Waals surface area contributed by atoms with Gasteiger partial charge < -0.3 is 4.98 Å². The van der Waals surface area contributed by atoms with Crippen molar-refractivity contribution in [3.8, 4) is 33.6 Å². The molecule has 1 fully saturated rings. The number of piperidine rings is 1. The fraction of sp³-hybridized carbons (Fsp3) is 0.200. The van der Waals surface area contributed by atoms with Gasteiger partial charge >= 0.3 is 0 Å². The van der Waals surface area contributed by atoms with Crippen LogP contribution < -0.4 is 0 Å². The van der Waals surface area contributed by atoms with E-state index in [0.29, 0.717) is 11.2 Å². The van der Waals surface area contributed by atoms with E-state index in [1.807, 2.05) is 30.7 Å². The fourth-order valence-electron chi connectivity index (χ4n) is 5.45. The normalized spacial score (nSPS) is 14.4. The molecule has 1 saturated heterocycles. The van der Waals surface area contributed by atoms with Gasteiger partial charge in [-0.05, 0) is 55.8 Å². The molecule has 0 aliphatic carbocycles. The van der Waals surface area contributed by atoms with Crippen LogP contribution in [0, 0.1) is 5.82 Å². The lowest BCUT2D eigenvalue weighted by Crippen LogP contribution is -2.29. The van der Waals surface area contributed by atoms with Gasteiger partial charge in [0.25, 0.3) is 0 Å². The number of fused-ring (bicyclic) bond motifs is 2. The van der Waals surface area contributed by atoms with Gasteiger partial charge in [0, 0.05) is 64.4 Å². The van der Waals surface area contributed by atoms with Crippen molar-refractivity contribution >= 4 is 21.9 Å². The van der Waals surface area contributed by atoms with Crippen LogP contribution in [-0.4, -0.2) is 48.1 Å². The van der Waals surface area contributed by atoms with Gasteiger partial charge in [0.15, 0.2) is 5.65 Å². The number of nitrogens with one attached hydrogen (secondary N) is 2. The lowest BCUT2D eigenvalue weighted by atomic mass is 10.0. The van der Waals surface area contributed by atoms with Gasteiger partial charge in [-0.1, -0.05) is 24.6 Å². The van der Waals surface area contributed by atoms with Crippen LogP contribution in [0.2, 0.25) is 0 Å². The molecule has 1 aliphatic rings. The largest absolute Gasteiger partial charge is 0.352 e. The van der Waals surface area contributed by atoms with Crippen molar-refractivity contribution in [2.24, 2.45) is 0 Å². The van der Waals surface area contributed by atoms with E-state index in [2.05, 4.69) is 47.2 Å². The number of benzene rings is 1. The maximum absolute atomic E-state index is 14.6. The average molecular weight is 504 g/mol. The molecule has 7 nitrogen and oxygen atoms in total. The number of rotatable bonds is 5. The molecule has 38 heavy (non-hydrogen) atoms. The minimum atomic E-state index is -0.276. The van der Waals surface area contributed by atoms with Crippen molar-refractivity contribution in [3.63, 3.8) is 0 Å². The maximum atomic E-state index is 14.6. The van der Waals surface area contributed by atoms with Crippen LogP contribution >= 0.6 is 0 Å². The molecular weight excluding hydrogens is 477 g/mol. The third-order valence-corrected chi connectivity index (χ3v) is 7.37. The summed E-state index contributed by atoms with van der Waals surface area (Å²) in [5.41, 5.74) is 7.59. The Balaban J connectivity index is 1.26. The second-order valence-electron chi connectivity index (χ2n) is 9.92. The van der Waals surface area contributed by atoms with Crippen molar-refractivity contribution in [1.82, 2.24) is 35.0 Å². The van der Waals surface area contributed by atoms with E-state index in [1.54, 1.807) is 24.5 Å². The molecular formula is C30H26FN7. The summed E-state index contributed by atoms with van der Waals surface area (Å²) in [5.74, 6) is -0.276. The van der Waals surface area contributed by atoms with E-state index in [9.17, 15) is 4.39 Å². The van der Waals surface area contributed by atoms with Crippen LogP contribution in [0.4, 0.5) is 4.39 Å². The molecule has 0 atom stereocenters. The second-order valence-corrected chi connectivity index (χ2v) is 9.92. The molecule has 0 bridgehead atoms. The number of nitrogens with zero attached hydrogens (tertiary/aromatic N) is 5. The summed E-state index contributed by atoms with van der Waals surface area (Å²) < 4.78 is 14.6. The second kappa shape index (κ2) is 9.46. The van der Waals surface area contributed by atoms with E-state index in [-0.39, 0.29) is 5.82 Å². The first kappa shape index (κ1) is 22.7. The van der Waals surface area contributed by atoms with Crippen LogP contribution in [0.5, 0.6) is 0 Å². The average Bonchev–Trinajstić information content (AvgIpc) is 3.58. The summed E-state index contributed by atoms with van der Waals surface area (Å²) in [7, 11) is 0. The predicted octanol–water partition coefficient (Wildman–Crippen LogP) is 6.36. The molecule has 0 spiro atoms. The number of aromatic nitrogens is 6. The van der Waals surface area contributed by atoms with Crippen LogP contribution in [0.3, 0.4) is 0 Å². The minimum absolute atomic E-state index is 0.276. The van der Waals surface area contributed by atoms with Gasteiger partial charge in [-0.25, -0.2) is 9.37 Å². The van der Waals surface area contributed by atoms with E-state index >= 15 is 0 Å². The van der Waals surface area contributed by atoms with E-state index in [1.165, 1.54) is 30.9 Å². The molecule has 6 aromatic rings. The first-order valence-corrected chi connectivity index (χ1v) is 13.0.